The number of unbranched alkanes of at least 4 members (excludes halogenated alkanes) is 7. The van der Waals surface area contributed by atoms with E-state index in [-0.39, 0.29) is 11.5 Å². The molecule has 3 aromatic rings. The van der Waals surface area contributed by atoms with Crippen LogP contribution in [0, 0.1) is 0 Å². The first kappa shape index (κ1) is 24.4. The third-order valence-electron chi connectivity index (χ3n) is 5.48. The molecule has 0 atom stereocenters. The third-order valence-corrected chi connectivity index (χ3v) is 5.48. The summed E-state index contributed by atoms with van der Waals surface area (Å²) in [6.07, 6.45) is 9.30. The Balaban J connectivity index is 1.78. The molecule has 176 valence electrons. The van der Waals surface area contributed by atoms with E-state index >= 15 is 0 Å². The molecule has 0 saturated heterocycles. The van der Waals surface area contributed by atoms with Crippen molar-refractivity contribution in [1.82, 2.24) is 0 Å². The molecule has 33 heavy (non-hydrogen) atoms. The summed E-state index contributed by atoms with van der Waals surface area (Å²) in [4.78, 5) is 25.4. The van der Waals surface area contributed by atoms with E-state index in [9.17, 15) is 9.59 Å². The summed E-state index contributed by atoms with van der Waals surface area (Å²) in [6, 6.07) is 13.6. The molecule has 0 amide bonds. The van der Waals surface area contributed by atoms with E-state index in [0.29, 0.717) is 28.9 Å². The number of fused-ring (bicyclic) bond motifs is 1. The molecule has 0 fully saturated rings. The summed E-state index contributed by atoms with van der Waals surface area (Å²) < 4.78 is 22.4. The van der Waals surface area contributed by atoms with E-state index in [1.165, 1.54) is 39.2 Å². The molecule has 1 heterocycles. The van der Waals surface area contributed by atoms with Crippen LogP contribution in [0.2, 0.25) is 0 Å². The number of benzene rings is 2. The van der Waals surface area contributed by atoms with Gasteiger partial charge in [0.1, 0.15) is 16.7 Å². The highest BCUT2D eigenvalue weighted by molar-refractivity contribution is 5.95. The second-order valence-electron chi connectivity index (χ2n) is 7.96. The number of esters is 1. The van der Waals surface area contributed by atoms with E-state index in [4.69, 9.17) is 18.6 Å². The zero-order valence-corrected chi connectivity index (χ0v) is 19.4. The number of carbonyl (C=O) groups is 1. The molecule has 0 unspecified atom stereocenters. The van der Waals surface area contributed by atoms with Gasteiger partial charge >= 0.3 is 11.6 Å². The molecule has 3 rings (SSSR count). The molecule has 0 aliphatic rings. The largest absolute Gasteiger partial charge is 0.496 e. The van der Waals surface area contributed by atoms with E-state index in [2.05, 4.69) is 6.92 Å². The Kier molecular flexibility index (Phi) is 9.36. The van der Waals surface area contributed by atoms with Crippen molar-refractivity contribution in [3.63, 3.8) is 0 Å². The normalized spacial score (nSPS) is 10.8. The number of hydrogen-bond acceptors (Lipinski definition) is 6. The van der Waals surface area contributed by atoms with Gasteiger partial charge in [0.2, 0.25) is 0 Å². The molecule has 6 heteroatoms. The Bertz CT molecular complexity index is 1090. The van der Waals surface area contributed by atoms with Crippen LogP contribution in [-0.4, -0.2) is 19.7 Å². The van der Waals surface area contributed by atoms with Gasteiger partial charge in [-0.2, -0.15) is 0 Å². The van der Waals surface area contributed by atoms with Crippen molar-refractivity contribution in [3.8, 4) is 17.2 Å². The van der Waals surface area contributed by atoms with E-state index in [1.54, 1.807) is 48.5 Å². The zero-order chi connectivity index (χ0) is 23.5. The fourth-order valence-electron chi connectivity index (χ4n) is 3.70. The summed E-state index contributed by atoms with van der Waals surface area (Å²) in [6.45, 7) is 2.60. The average molecular weight is 453 g/mol. The first-order chi connectivity index (χ1) is 16.2. The van der Waals surface area contributed by atoms with Crippen LogP contribution in [0.5, 0.6) is 17.2 Å². The van der Waals surface area contributed by atoms with Gasteiger partial charge in [0.25, 0.3) is 5.75 Å². The second-order valence-corrected chi connectivity index (χ2v) is 7.96. The van der Waals surface area contributed by atoms with E-state index in [1.807, 2.05) is 0 Å². The van der Waals surface area contributed by atoms with Crippen molar-refractivity contribution in [1.29, 1.82) is 0 Å². The molecule has 6 nitrogen and oxygen atoms in total. The number of methoxy groups -OCH3 is 1. The Morgan fingerprint density at radius 1 is 0.848 bits per heavy atom. The highest BCUT2D eigenvalue weighted by Gasteiger charge is 2.23. The molecule has 1 aromatic heterocycles. The van der Waals surface area contributed by atoms with Crippen molar-refractivity contribution in [2.75, 3.05) is 13.7 Å². The number of rotatable bonds is 13. The van der Waals surface area contributed by atoms with Crippen molar-refractivity contribution >= 4 is 16.9 Å². The maximum Gasteiger partial charge on any atom is 0.383 e. The second kappa shape index (κ2) is 12.7. The SMILES string of the molecule is CCCCCCCCCCOc1c(OC(=O)c2ccccc2)c(=O)oc2cccc(OC)c12. The predicted molar refractivity (Wildman–Crippen MR) is 129 cm³/mol. The van der Waals surface area contributed by atoms with Crippen LogP contribution in [0.15, 0.2) is 57.7 Å². The van der Waals surface area contributed by atoms with Crippen LogP contribution >= 0.6 is 0 Å². The van der Waals surface area contributed by atoms with E-state index < -0.39 is 11.6 Å². The topological polar surface area (TPSA) is 75.0 Å². The molecule has 2 aromatic carbocycles. The number of hydrogen-bond donors (Lipinski definition) is 0. The highest BCUT2D eigenvalue weighted by Crippen LogP contribution is 2.39. The Morgan fingerprint density at radius 3 is 2.24 bits per heavy atom. The van der Waals surface area contributed by atoms with Gasteiger partial charge in [-0.25, -0.2) is 9.59 Å². The van der Waals surface area contributed by atoms with Gasteiger partial charge in [-0.3, -0.25) is 0 Å². The third kappa shape index (κ3) is 6.60. The van der Waals surface area contributed by atoms with Gasteiger partial charge in [-0.15, -0.1) is 0 Å². The Morgan fingerprint density at radius 2 is 1.55 bits per heavy atom. The molecular weight excluding hydrogens is 420 g/mol. The lowest BCUT2D eigenvalue weighted by molar-refractivity contribution is 0.0721. The maximum atomic E-state index is 12.7. The lowest BCUT2D eigenvalue weighted by Crippen LogP contribution is -2.16. The number of ether oxygens (including phenoxy) is 3. The molecular formula is C27H32O6. The van der Waals surface area contributed by atoms with Gasteiger partial charge in [0, 0.05) is 0 Å². The molecule has 0 spiro atoms. The maximum absolute atomic E-state index is 12.7. The molecule has 0 bridgehead atoms. The minimum absolute atomic E-state index is 0.172. The summed E-state index contributed by atoms with van der Waals surface area (Å²) in [7, 11) is 1.53. The predicted octanol–water partition coefficient (Wildman–Crippen LogP) is 6.54. The summed E-state index contributed by atoms with van der Waals surface area (Å²) in [5, 5.41) is 0.468. The zero-order valence-electron chi connectivity index (χ0n) is 19.4. The molecule has 0 saturated carbocycles. The molecule has 0 N–H and O–H groups in total. The van der Waals surface area contributed by atoms with Gasteiger partial charge in [0.15, 0.2) is 5.75 Å². The van der Waals surface area contributed by atoms with Crippen LogP contribution in [0.1, 0.15) is 68.6 Å². The fraction of sp³-hybridized carbons (Fsp3) is 0.407. The smallest absolute Gasteiger partial charge is 0.383 e. The van der Waals surface area contributed by atoms with Crippen molar-refractivity contribution < 1.29 is 23.4 Å². The van der Waals surface area contributed by atoms with Gasteiger partial charge in [0.05, 0.1) is 19.3 Å². The minimum Gasteiger partial charge on any atom is -0.496 e. The lowest BCUT2D eigenvalue weighted by Gasteiger charge is -2.15. The van der Waals surface area contributed by atoms with Gasteiger partial charge in [-0.1, -0.05) is 76.1 Å². The fourth-order valence-corrected chi connectivity index (χ4v) is 3.70. The van der Waals surface area contributed by atoms with Crippen LogP contribution in [0.25, 0.3) is 11.0 Å². The Hall–Kier alpha value is -3.28. The average Bonchev–Trinajstić information content (AvgIpc) is 2.84. The van der Waals surface area contributed by atoms with Crippen molar-refractivity contribution in [3.05, 3.63) is 64.5 Å². The van der Waals surface area contributed by atoms with E-state index in [0.717, 1.165) is 19.3 Å². The van der Waals surface area contributed by atoms with Gasteiger partial charge < -0.3 is 18.6 Å². The molecule has 0 aliphatic carbocycles. The Labute approximate surface area is 194 Å². The minimum atomic E-state index is -0.772. The standard InChI is InChI=1S/C27H32O6/c1-3-4-5-6-7-8-9-13-19-31-24-23-21(30-2)17-14-18-22(23)32-27(29)25(24)33-26(28)20-15-11-10-12-16-20/h10-12,14-18H,3-9,13,19H2,1-2H3. The monoisotopic (exact) mass is 452 g/mol. The molecule has 0 radical (unpaired) electrons. The highest BCUT2D eigenvalue weighted by atomic mass is 16.6. The van der Waals surface area contributed by atoms with Crippen molar-refractivity contribution in [2.24, 2.45) is 0 Å². The lowest BCUT2D eigenvalue weighted by atomic mass is 10.1. The quantitative estimate of drug-likeness (QED) is 0.166. The molecule has 0 aliphatic heterocycles. The summed E-state index contributed by atoms with van der Waals surface area (Å²) in [5.74, 6) is -0.278. The van der Waals surface area contributed by atoms with Crippen molar-refractivity contribution in [2.45, 2.75) is 58.3 Å². The number of carbonyl (C=O) groups excluding carboxylic acids is 1. The van der Waals surface area contributed by atoms with Crippen LogP contribution in [0.3, 0.4) is 0 Å². The van der Waals surface area contributed by atoms with Gasteiger partial charge in [-0.05, 0) is 30.7 Å². The van der Waals surface area contributed by atoms with Crippen LogP contribution < -0.4 is 19.8 Å². The van der Waals surface area contributed by atoms with Crippen LogP contribution in [0.4, 0.5) is 0 Å². The summed E-state index contributed by atoms with van der Waals surface area (Å²) >= 11 is 0. The summed E-state index contributed by atoms with van der Waals surface area (Å²) in [5.41, 5.74) is -0.137. The first-order valence-electron chi connectivity index (χ1n) is 11.7. The first-order valence-corrected chi connectivity index (χ1v) is 11.7. The van der Waals surface area contributed by atoms with Crippen LogP contribution in [-0.2, 0) is 0 Å².